The van der Waals surface area contributed by atoms with E-state index in [9.17, 15) is 4.39 Å². The first-order chi connectivity index (χ1) is 5.24. The van der Waals surface area contributed by atoms with Crippen molar-refractivity contribution in [2.45, 2.75) is 13.3 Å². The van der Waals surface area contributed by atoms with Gasteiger partial charge in [-0.25, -0.2) is 4.39 Å². The van der Waals surface area contributed by atoms with Crippen LogP contribution in [-0.4, -0.2) is 0 Å². The Bertz CT molecular complexity index is 245. The van der Waals surface area contributed by atoms with Gasteiger partial charge in [0.15, 0.2) is 0 Å². The van der Waals surface area contributed by atoms with Crippen LogP contribution in [-0.2, 0) is 0 Å². The van der Waals surface area contributed by atoms with E-state index in [2.05, 4.69) is 0 Å². The Morgan fingerprint density at radius 2 is 2.27 bits per heavy atom. The van der Waals surface area contributed by atoms with Gasteiger partial charge in [0.2, 0.25) is 0 Å². The molecular weight excluding hydrogens is 163 g/mol. The van der Waals surface area contributed by atoms with Gasteiger partial charge in [-0.05, 0) is 36.6 Å². The van der Waals surface area contributed by atoms with Crippen molar-refractivity contribution in [2.24, 2.45) is 0 Å². The van der Waals surface area contributed by atoms with Gasteiger partial charge in [-0.2, -0.15) is 0 Å². The SMILES string of the molecule is CC[CH]c1cc(F)ccc1Cl. The van der Waals surface area contributed by atoms with E-state index in [0.29, 0.717) is 5.02 Å². The molecule has 0 spiro atoms. The van der Waals surface area contributed by atoms with Gasteiger partial charge in [0.1, 0.15) is 5.82 Å². The van der Waals surface area contributed by atoms with Crippen LogP contribution in [0.15, 0.2) is 18.2 Å². The molecule has 0 amide bonds. The molecule has 0 saturated carbocycles. The lowest BCUT2D eigenvalue weighted by Gasteiger charge is -2.00. The maximum Gasteiger partial charge on any atom is 0.123 e. The van der Waals surface area contributed by atoms with E-state index in [1.165, 1.54) is 12.1 Å². The highest BCUT2D eigenvalue weighted by atomic mass is 35.5. The molecule has 1 aromatic carbocycles. The first-order valence-corrected chi connectivity index (χ1v) is 3.90. The highest BCUT2D eigenvalue weighted by Crippen LogP contribution is 2.19. The lowest BCUT2D eigenvalue weighted by molar-refractivity contribution is 0.626. The number of hydrogen-bond acceptors (Lipinski definition) is 0. The molecule has 0 bridgehead atoms. The van der Waals surface area contributed by atoms with E-state index in [1.807, 2.05) is 13.3 Å². The van der Waals surface area contributed by atoms with Crippen molar-refractivity contribution >= 4 is 11.6 Å². The van der Waals surface area contributed by atoms with E-state index < -0.39 is 0 Å². The third-order valence-corrected chi connectivity index (χ3v) is 1.73. The van der Waals surface area contributed by atoms with E-state index in [-0.39, 0.29) is 5.82 Å². The highest BCUT2D eigenvalue weighted by Gasteiger charge is 1.99. The topological polar surface area (TPSA) is 0 Å². The van der Waals surface area contributed by atoms with Crippen molar-refractivity contribution in [3.8, 4) is 0 Å². The molecule has 0 N–H and O–H groups in total. The van der Waals surface area contributed by atoms with Gasteiger partial charge in [-0.15, -0.1) is 0 Å². The van der Waals surface area contributed by atoms with Crippen molar-refractivity contribution < 1.29 is 4.39 Å². The van der Waals surface area contributed by atoms with Crippen molar-refractivity contribution in [1.29, 1.82) is 0 Å². The Morgan fingerprint density at radius 3 is 2.91 bits per heavy atom. The molecule has 0 atom stereocenters. The molecule has 0 unspecified atom stereocenters. The molecular formula is C9H9ClF. The highest BCUT2D eigenvalue weighted by molar-refractivity contribution is 6.31. The van der Waals surface area contributed by atoms with E-state index >= 15 is 0 Å². The van der Waals surface area contributed by atoms with Crippen LogP contribution in [0.3, 0.4) is 0 Å². The van der Waals surface area contributed by atoms with Gasteiger partial charge in [0, 0.05) is 5.02 Å². The van der Waals surface area contributed by atoms with E-state index in [1.54, 1.807) is 6.07 Å². The summed E-state index contributed by atoms with van der Waals surface area (Å²) in [7, 11) is 0. The molecule has 0 saturated heterocycles. The molecule has 1 radical (unpaired) electrons. The normalized spacial score (nSPS) is 10.1. The average molecular weight is 172 g/mol. The molecule has 59 valence electrons. The van der Waals surface area contributed by atoms with Crippen molar-refractivity contribution in [3.63, 3.8) is 0 Å². The van der Waals surface area contributed by atoms with Crippen molar-refractivity contribution in [3.05, 3.63) is 41.0 Å². The minimum Gasteiger partial charge on any atom is -0.207 e. The Labute approximate surface area is 71.0 Å². The predicted molar refractivity (Wildman–Crippen MR) is 45.1 cm³/mol. The summed E-state index contributed by atoms with van der Waals surface area (Å²) >= 11 is 5.78. The zero-order valence-corrected chi connectivity index (χ0v) is 7.03. The Morgan fingerprint density at radius 1 is 1.55 bits per heavy atom. The predicted octanol–water partition coefficient (Wildman–Crippen LogP) is 3.44. The smallest absolute Gasteiger partial charge is 0.123 e. The number of halogens is 2. The van der Waals surface area contributed by atoms with E-state index in [4.69, 9.17) is 11.6 Å². The van der Waals surface area contributed by atoms with E-state index in [0.717, 1.165) is 12.0 Å². The fourth-order valence-electron chi connectivity index (χ4n) is 0.891. The fourth-order valence-corrected chi connectivity index (χ4v) is 1.09. The average Bonchev–Trinajstić information content (AvgIpc) is 1.98. The summed E-state index contributed by atoms with van der Waals surface area (Å²) < 4.78 is 12.6. The van der Waals surface area contributed by atoms with Crippen LogP contribution < -0.4 is 0 Å². The zero-order chi connectivity index (χ0) is 8.27. The maximum absolute atomic E-state index is 12.6. The summed E-state index contributed by atoms with van der Waals surface area (Å²) in [5, 5.41) is 0.605. The van der Waals surface area contributed by atoms with Gasteiger partial charge in [0.05, 0.1) is 0 Å². The molecule has 0 fully saturated rings. The Hall–Kier alpha value is -0.560. The minimum absolute atomic E-state index is 0.242. The van der Waals surface area contributed by atoms with Crippen LogP contribution in [0.25, 0.3) is 0 Å². The summed E-state index contributed by atoms with van der Waals surface area (Å²) in [6.45, 7) is 1.99. The quantitative estimate of drug-likeness (QED) is 0.640. The molecule has 0 heterocycles. The van der Waals surface area contributed by atoms with Gasteiger partial charge in [0.25, 0.3) is 0 Å². The number of benzene rings is 1. The zero-order valence-electron chi connectivity index (χ0n) is 6.27. The third-order valence-electron chi connectivity index (χ3n) is 1.38. The molecule has 0 aliphatic heterocycles. The fraction of sp³-hybridized carbons (Fsp3) is 0.222. The summed E-state index contributed by atoms with van der Waals surface area (Å²) in [5.41, 5.74) is 0.772. The summed E-state index contributed by atoms with van der Waals surface area (Å²) in [6, 6.07) is 4.36. The summed E-state index contributed by atoms with van der Waals surface area (Å²) in [4.78, 5) is 0. The molecule has 2 heteroatoms. The molecule has 0 aliphatic carbocycles. The number of rotatable bonds is 2. The molecule has 0 aromatic heterocycles. The van der Waals surface area contributed by atoms with Crippen LogP contribution in [0.5, 0.6) is 0 Å². The van der Waals surface area contributed by atoms with Crippen LogP contribution in [0.2, 0.25) is 5.02 Å². The summed E-state index contributed by atoms with van der Waals surface area (Å²) in [5.74, 6) is -0.242. The lowest BCUT2D eigenvalue weighted by Crippen LogP contribution is -1.83. The molecule has 0 nitrogen and oxygen atoms in total. The molecule has 1 aromatic rings. The maximum atomic E-state index is 12.6. The second-order valence-corrected chi connectivity index (χ2v) is 2.69. The Kier molecular flexibility index (Phi) is 2.89. The van der Waals surface area contributed by atoms with Gasteiger partial charge in [-0.3, -0.25) is 0 Å². The van der Waals surface area contributed by atoms with Gasteiger partial charge >= 0.3 is 0 Å². The minimum atomic E-state index is -0.242. The van der Waals surface area contributed by atoms with Crippen molar-refractivity contribution in [1.82, 2.24) is 0 Å². The monoisotopic (exact) mass is 171 g/mol. The molecule has 1 rings (SSSR count). The van der Waals surface area contributed by atoms with Crippen LogP contribution in [0.1, 0.15) is 18.9 Å². The summed E-state index contributed by atoms with van der Waals surface area (Å²) in [6.07, 6.45) is 2.76. The first kappa shape index (κ1) is 8.54. The second kappa shape index (κ2) is 3.72. The molecule has 11 heavy (non-hydrogen) atoms. The third kappa shape index (κ3) is 2.19. The largest absolute Gasteiger partial charge is 0.207 e. The van der Waals surface area contributed by atoms with Crippen molar-refractivity contribution in [2.75, 3.05) is 0 Å². The van der Waals surface area contributed by atoms with Gasteiger partial charge < -0.3 is 0 Å². The first-order valence-electron chi connectivity index (χ1n) is 3.52. The van der Waals surface area contributed by atoms with Crippen LogP contribution in [0, 0.1) is 12.2 Å². The van der Waals surface area contributed by atoms with Crippen LogP contribution in [0.4, 0.5) is 4.39 Å². The number of hydrogen-bond donors (Lipinski definition) is 0. The standard InChI is InChI=1S/C9H9ClF/c1-2-3-7-6-8(11)4-5-9(7)10/h3-6H,2H2,1H3. The molecule has 0 aliphatic rings. The lowest BCUT2D eigenvalue weighted by atomic mass is 10.1. The second-order valence-electron chi connectivity index (χ2n) is 2.28. The Balaban J connectivity index is 2.93. The van der Waals surface area contributed by atoms with Crippen LogP contribution >= 0.6 is 11.6 Å². The van der Waals surface area contributed by atoms with Gasteiger partial charge in [-0.1, -0.05) is 18.5 Å².